The molecule has 2 rings (SSSR count). The summed E-state index contributed by atoms with van der Waals surface area (Å²) in [6.45, 7) is 5.07. The number of amides is 1. The molecular weight excluding hydrogens is 358 g/mol. The van der Waals surface area contributed by atoms with Crippen LogP contribution in [-0.2, 0) is 25.3 Å². The second-order valence-corrected chi connectivity index (χ2v) is 7.78. The topological polar surface area (TPSA) is 93.1 Å². The Morgan fingerprint density at radius 3 is 2.62 bits per heavy atom. The molecule has 0 aliphatic carbocycles. The lowest BCUT2D eigenvalue weighted by molar-refractivity contribution is -0.126. The van der Waals surface area contributed by atoms with Crippen molar-refractivity contribution in [2.45, 2.75) is 37.9 Å². The van der Waals surface area contributed by atoms with Crippen LogP contribution in [0.15, 0.2) is 18.2 Å². The average molecular weight is 378 g/mol. The van der Waals surface area contributed by atoms with E-state index in [1.807, 2.05) is 13.8 Å². The van der Waals surface area contributed by atoms with Gasteiger partial charge in [0, 0.05) is 19.2 Å². The fourth-order valence-corrected chi connectivity index (χ4v) is 3.72. The van der Waals surface area contributed by atoms with E-state index in [-0.39, 0.29) is 6.54 Å². The first-order valence-corrected chi connectivity index (χ1v) is 9.14. The molecule has 7 nitrogen and oxygen atoms in total. The Balaban J connectivity index is 2.37. The molecule has 0 radical (unpaired) electrons. The molecule has 134 valence electrons. The monoisotopic (exact) mass is 377 g/mol. The van der Waals surface area contributed by atoms with Crippen LogP contribution in [-0.4, -0.2) is 43.1 Å². The van der Waals surface area contributed by atoms with Crippen LogP contribution in [0.1, 0.15) is 37.3 Å². The van der Waals surface area contributed by atoms with Gasteiger partial charge in [-0.3, -0.25) is 9.35 Å². The van der Waals surface area contributed by atoms with Gasteiger partial charge < -0.3 is 9.47 Å². The van der Waals surface area contributed by atoms with Gasteiger partial charge in [-0.2, -0.15) is 8.42 Å². The highest BCUT2D eigenvalue weighted by molar-refractivity contribution is 7.84. The molecule has 0 fully saturated rings. The Bertz CT molecular complexity index is 748. The van der Waals surface area contributed by atoms with Crippen molar-refractivity contribution < 1.29 is 27.2 Å². The number of alkyl halides is 1. The Hall–Kier alpha value is -1.35. The highest BCUT2D eigenvalue weighted by atomic mass is 35.5. The van der Waals surface area contributed by atoms with Crippen molar-refractivity contribution in [1.29, 1.82) is 0 Å². The molecule has 1 aliphatic heterocycles. The van der Waals surface area contributed by atoms with Gasteiger partial charge in [-0.1, -0.05) is 6.07 Å². The maximum absolute atomic E-state index is 12.3. The quantitative estimate of drug-likeness (QED) is 0.625. The Labute approximate surface area is 146 Å². The van der Waals surface area contributed by atoms with E-state index in [4.69, 9.17) is 25.6 Å². The fourth-order valence-electron chi connectivity index (χ4n) is 2.75. The molecule has 1 aromatic carbocycles. The number of fused-ring (bicyclic) bond motifs is 1. The van der Waals surface area contributed by atoms with Gasteiger partial charge in [0.05, 0.1) is 5.41 Å². The number of halogens is 1. The molecule has 0 saturated heterocycles. The molecule has 0 saturated carbocycles. The summed E-state index contributed by atoms with van der Waals surface area (Å²) in [4.78, 5) is 12.3. The third-order valence-corrected chi connectivity index (χ3v) is 5.49. The van der Waals surface area contributed by atoms with Gasteiger partial charge in [0.2, 0.25) is 6.29 Å². The number of carbonyl (C=O) groups is 1. The van der Waals surface area contributed by atoms with Gasteiger partial charge in [0.15, 0.2) is 0 Å². The smallest absolute Gasteiger partial charge is 0.362 e. The van der Waals surface area contributed by atoms with Crippen LogP contribution in [0.5, 0.6) is 5.75 Å². The molecule has 1 aromatic rings. The normalized spacial score (nSPS) is 20.2. The van der Waals surface area contributed by atoms with Crippen LogP contribution < -0.4 is 4.74 Å². The minimum absolute atomic E-state index is 0.216. The highest BCUT2D eigenvalue weighted by Crippen LogP contribution is 2.44. The summed E-state index contributed by atoms with van der Waals surface area (Å²) < 4.78 is 43.0. The first kappa shape index (κ1) is 19.0. The van der Waals surface area contributed by atoms with Gasteiger partial charge in [-0.15, -0.1) is 11.6 Å². The van der Waals surface area contributed by atoms with Gasteiger partial charge in [0.25, 0.3) is 5.91 Å². The highest BCUT2D eigenvalue weighted by Gasteiger charge is 2.42. The number of carbonyl (C=O) groups excluding carboxylic acids is 1. The number of nitrogens with zero attached hydrogens (tertiary/aromatic N) is 1. The third-order valence-electron chi connectivity index (χ3n) is 4.06. The number of rotatable bonds is 5. The molecule has 24 heavy (non-hydrogen) atoms. The van der Waals surface area contributed by atoms with E-state index in [0.29, 0.717) is 15.6 Å². The van der Waals surface area contributed by atoms with Gasteiger partial charge in [0.1, 0.15) is 11.1 Å². The minimum Gasteiger partial charge on any atom is -0.464 e. The first-order chi connectivity index (χ1) is 11.0. The van der Waals surface area contributed by atoms with Crippen LogP contribution in [0.2, 0.25) is 0 Å². The van der Waals surface area contributed by atoms with Gasteiger partial charge >= 0.3 is 10.3 Å². The summed E-state index contributed by atoms with van der Waals surface area (Å²) in [5.74, 6) is -0.296. The minimum atomic E-state index is -4.66. The molecule has 1 aliphatic rings. The van der Waals surface area contributed by atoms with E-state index in [9.17, 15) is 13.2 Å². The van der Waals surface area contributed by atoms with Crippen LogP contribution in [0, 0.1) is 0 Å². The summed E-state index contributed by atoms with van der Waals surface area (Å²) in [6, 6.07) is 4.94. The van der Waals surface area contributed by atoms with E-state index < -0.39 is 33.3 Å². The van der Waals surface area contributed by atoms with E-state index in [1.54, 1.807) is 25.3 Å². The van der Waals surface area contributed by atoms with Crippen LogP contribution in [0.25, 0.3) is 0 Å². The number of benzene rings is 1. The largest absolute Gasteiger partial charge is 0.464 e. The molecular formula is C15H20ClNO6S. The third kappa shape index (κ3) is 3.23. The summed E-state index contributed by atoms with van der Waals surface area (Å²) in [5, 5.41) is -1.26. The zero-order valence-electron chi connectivity index (χ0n) is 13.8. The number of methoxy groups -OCH3 is 1. The summed E-state index contributed by atoms with van der Waals surface area (Å²) in [7, 11) is -3.12. The van der Waals surface area contributed by atoms with E-state index in [0.717, 1.165) is 5.56 Å². The molecule has 2 atom stereocenters. The Morgan fingerprint density at radius 1 is 1.50 bits per heavy atom. The predicted molar refractivity (Wildman–Crippen MR) is 88.4 cm³/mol. The lowest BCUT2D eigenvalue weighted by Gasteiger charge is -2.24. The van der Waals surface area contributed by atoms with Crippen LogP contribution in [0.3, 0.4) is 0 Å². The summed E-state index contributed by atoms with van der Waals surface area (Å²) in [6.07, 6.45) is -0.475. The van der Waals surface area contributed by atoms with Crippen molar-refractivity contribution >= 4 is 27.8 Å². The van der Waals surface area contributed by atoms with Crippen molar-refractivity contribution in [2.24, 2.45) is 0 Å². The van der Waals surface area contributed by atoms with Crippen molar-refractivity contribution in [2.75, 3.05) is 13.7 Å². The zero-order valence-corrected chi connectivity index (χ0v) is 15.4. The maximum Gasteiger partial charge on any atom is 0.362 e. The molecule has 1 heterocycles. The van der Waals surface area contributed by atoms with Gasteiger partial charge in [-0.05, 0) is 38.5 Å². The molecule has 9 heteroatoms. The maximum atomic E-state index is 12.3. The summed E-state index contributed by atoms with van der Waals surface area (Å²) in [5.41, 5.74) is 0.754. The second-order valence-electron chi connectivity index (χ2n) is 6.01. The van der Waals surface area contributed by atoms with Crippen LogP contribution >= 0.6 is 11.6 Å². The standard InChI is InChI=1S/C15H20ClNO6S/c1-5-17(24(19,20)21)13(18)12(16)9-6-7-11-10(8-9)15(2,3)14(22-4)23-11/h6-8,12,14H,5H2,1-4H3,(H,19,20,21). The van der Waals surface area contributed by atoms with Crippen molar-refractivity contribution in [3.8, 4) is 5.75 Å². The average Bonchev–Trinajstić information content (AvgIpc) is 2.76. The summed E-state index contributed by atoms with van der Waals surface area (Å²) >= 11 is 6.16. The molecule has 1 N–H and O–H groups in total. The lowest BCUT2D eigenvalue weighted by atomic mass is 9.84. The molecule has 2 unspecified atom stereocenters. The number of likely N-dealkylation sites (N-methyl/N-ethyl adjacent to an activating group) is 1. The van der Waals surface area contributed by atoms with Crippen molar-refractivity contribution in [3.05, 3.63) is 29.3 Å². The zero-order chi connectivity index (χ0) is 18.3. The lowest BCUT2D eigenvalue weighted by Crippen LogP contribution is -2.38. The number of hydrogen-bond acceptors (Lipinski definition) is 5. The van der Waals surface area contributed by atoms with Crippen molar-refractivity contribution in [1.82, 2.24) is 4.31 Å². The van der Waals surface area contributed by atoms with E-state index >= 15 is 0 Å². The molecule has 0 spiro atoms. The van der Waals surface area contributed by atoms with E-state index in [2.05, 4.69) is 0 Å². The predicted octanol–water partition coefficient (Wildman–Crippen LogP) is 2.26. The molecule has 0 bridgehead atoms. The SMILES string of the molecule is CCN(C(=O)C(Cl)c1ccc2c(c1)C(C)(C)C(OC)O2)S(=O)(=O)O. The van der Waals surface area contributed by atoms with E-state index in [1.165, 1.54) is 6.92 Å². The van der Waals surface area contributed by atoms with Crippen molar-refractivity contribution in [3.63, 3.8) is 0 Å². The number of ether oxygens (including phenoxy) is 2. The molecule has 1 amide bonds. The fraction of sp³-hybridized carbons (Fsp3) is 0.533. The first-order valence-electron chi connectivity index (χ1n) is 7.31. The number of hydrogen-bond donors (Lipinski definition) is 1. The Kier molecular flexibility index (Phi) is 5.15. The van der Waals surface area contributed by atoms with Crippen LogP contribution in [0.4, 0.5) is 0 Å². The molecule has 0 aromatic heterocycles. The van der Waals surface area contributed by atoms with Gasteiger partial charge in [-0.25, -0.2) is 4.31 Å². The Morgan fingerprint density at radius 2 is 2.12 bits per heavy atom. The second kappa shape index (κ2) is 6.51.